The number of carbonyl (C=O) groups excluding carboxylic acids is 2. The number of amides is 2. The average Bonchev–Trinajstić information content (AvgIpc) is 3.25. The lowest BCUT2D eigenvalue weighted by Gasteiger charge is -2.40. The summed E-state index contributed by atoms with van der Waals surface area (Å²) in [5.74, 6) is -6.03. The van der Waals surface area contributed by atoms with Gasteiger partial charge in [0.05, 0.1) is 18.2 Å². The second-order valence-corrected chi connectivity index (χ2v) is 11.1. The van der Waals surface area contributed by atoms with Gasteiger partial charge in [-0.25, -0.2) is 18.2 Å². The van der Waals surface area contributed by atoms with Crippen LogP contribution in [-0.2, 0) is 34.6 Å². The van der Waals surface area contributed by atoms with E-state index in [0.717, 1.165) is 13.2 Å². The number of nitrogens with two attached hydrogens (primary N) is 1. The molecule has 14 nitrogen and oxygen atoms in total. The van der Waals surface area contributed by atoms with Crippen LogP contribution in [0.5, 0.6) is 0 Å². The van der Waals surface area contributed by atoms with Gasteiger partial charge in [0, 0.05) is 18.9 Å². The first-order chi connectivity index (χ1) is 18.2. The number of aromatic nitrogens is 1. The van der Waals surface area contributed by atoms with Crippen LogP contribution in [0, 0.1) is 0 Å². The van der Waals surface area contributed by atoms with E-state index < -0.39 is 63.8 Å². The van der Waals surface area contributed by atoms with E-state index in [1.165, 1.54) is 18.2 Å². The summed E-state index contributed by atoms with van der Waals surface area (Å²) in [4.78, 5) is 54.4. The van der Waals surface area contributed by atoms with Crippen LogP contribution in [0.4, 0.5) is 11.7 Å². The van der Waals surface area contributed by atoms with Crippen molar-refractivity contribution < 1.29 is 42.2 Å². The summed E-state index contributed by atoms with van der Waals surface area (Å²) >= 11 is 0. The van der Waals surface area contributed by atoms with E-state index in [1.54, 1.807) is 24.3 Å². The molecule has 1 heterocycles. The number of sulfone groups is 1. The predicted octanol–water partition coefficient (Wildman–Crippen LogP) is 0.968. The summed E-state index contributed by atoms with van der Waals surface area (Å²) in [5.41, 5.74) is 6.02. The largest absolute Gasteiger partial charge is 0.481 e. The number of aliphatic carboxylic acids is 2. The third-order valence-electron chi connectivity index (χ3n) is 5.64. The molecule has 0 radical (unpaired) electrons. The van der Waals surface area contributed by atoms with Crippen LogP contribution in [0.15, 0.2) is 52.9 Å². The number of carboxylic acids is 2. The summed E-state index contributed by atoms with van der Waals surface area (Å²) in [7, 11) is -3.54. The molecule has 1 unspecified atom stereocenters. The van der Waals surface area contributed by atoms with E-state index in [1.807, 2.05) is 6.07 Å². The number of fused-ring (bicyclic) bond motifs is 1. The zero-order valence-electron chi connectivity index (χ0n) is 20.9. The lowest BCUT2D eigenvalue weighted by atomic mass is 9.85. The number of nitrogens with zero attached hydrogens (tertiary/aromatic N) is 2. The molecule has 0 bridgehead atoms. The first-order valence-electron chi connectivity index (χ1n) is 11.5. The van der Waals surface area contributed by atoms with Gasteiger partial charge in [-0.1, -0.05) is 24.3 Å². The van der Waals surface area contributed by atoms with Gasteiger partial charge in [-0.3, -0.25) is 19.8 Å². The van der Waals surface area contributed by atoms with Crippen molar-refractivity contribution in [3.05, 3.63) is 54.1 Å². The molecule has 2 amide bonds. The Labute approximate surface area is 222 Å². The van der Waals surface area contributed by atoms with E-state index >= 15 is 0 Å². The lowest BCUT2D eigenvalue weighted by molar-refractivity contribution is -0.172. The number of carbonyl (C=O) groups is 4. The Morgan fingerprint density at radius 1 is 1.13 bits per heavy atom. The van der Waals surface area contributed by atoms with Gasteiger partial charge in [0.1, 0.15) is 15.4 Å². The molecule has 0 saturated carbocycles. The van der Waals surface area contributed by atoms with Crippen molar-refractivity contribution in [3.63, 3.8) is 0 Å². The minimum absolute atomic E-state index is 0.0542. The van der Waals surface area contributed by atoms with E-state index in [2.05, 4.69) is 15.7 Å². The molecule has 1 aromatic heterocycles. The van der Waals surface area contributed by atoms with E-state index in [0.29, 0.717) is 10.7 Å². The van der Waals surface area contributed by atoms with Gasteiger partial charge in [0.25, 0.3) is 11.9 Å². The zero-order valence-corrected chi connectivity index (χ0v) is 21.8. The minimum Gasteiger partial charge on any atom is -0.481 e. The predicted molar refractivity (Wildman–Crippen MR) is 138 cm³/mol. The summed E-state index contributed by atoms with van der Waals surface area (Å²) in [6.07, 6.45) is -0.677. The molecule has 208 valence electrons. The third kappa shape index (κ3) is 6.88. The molecule has 0 aliphatic carbocycles. The maximum absolute atomic E-state index is 13.4. The Morgan fingerprint density at radius 2 is 1.79 bits per heavy atom. The number of hydrazine groups is 1. The van der Waals surface area contributed by atoms with E-state index in [-0.39, 0.29) is 22.7 Å². The quantitative estimate of drug-likeness (QED) is 0.207. The normalized spacial score (nSPS) is 13.7. The van der Waals surface area contributed by atoms with Crippen LogP contribution in [0.2, 0.25) is 0 Å². The fraction of sp³-hybridized carbons (Fsp3) is 0.292. The van der Waals surface area contributed by atoms with Gasteiger partial charge < -0.3 is 25.7 Å². The zero-order chi connectivity index (χ0) is 29.0. The number of hydrogen-bond donors (Lipinski definition) is 5. The first kappa shape index (κ1) is 29.1. The van der Waals surface area contributed by atoms with Crippen molar-refractivity contribution in [1.29, 1.82) is 0 Å². The molecule has 3 rings (SSSR count). The molecule has 6 N–H and O–H groups in total. The maximum Gasteiger partial charge on any atom is 0.337 e. The summed E-state index contributed by atoms with van der Waals surface area (Å²) in [6, 6.07) is 11.2. The molecule has 0 spiro atoms. The lowest BCUT2D eigenvalue weighted by Crippen LogP contribution is -2.65. The Morgan fingerprint density at radius 3 is 2.36 bits per heavy atom. The second kappa shape index (κ2) is 11.5. The minimum atomic E-state index is -3.54. The van der Waals surface area contributed by atoms with Crippen molar-refractivity contribution in [2.75, 3.05) is 17.3 Å². The fourth-order valence-corrected chi connectivity index (χ4v) is 4.51. The molecular formula is C24H27N5O9S. The van der Waals surface area contributed by atoms with Crippen molar-refractivity contribution in [1.82, 2.24) is 15.4 Å². The standard InChI is InChI=1S/C24H27N5O9S/c1-14(30)28-29(21(33)17(25)10-11-39(2,36)37)24(22(34)35,13-20(31)32)15-8-9-18-19(12-15)38-23(27-18)26-16-6-4-3-5-7-16/h3-9,12,17H,10-11,13,25H2,1-2H3,(H,26,27)(H,28,30)(H,31,32)(H,34,35)/t17?,24-/m1/s1. The Bertz CT molecular complexity index is 1510. The van der Waals surface area contributed by atoms with Crippen molar-refractivity contribution in [2.24, 2.45) is 5.73 Å². The van der Waals surface area contributed by atoms with Gasteiger partial charge in [-0.15, -0.1) is 0 Å². The molecule has 15 heteroatoms. The highest BCUT2D eigenvalue weighted by Gasteiger charge is 2.52. The molecule has 0 aliphatic rings. The molecule has 0 aliphatic heterocycles. The number of carboxylic acid groups (broad SMARTS) is 2. The van der Waals surface area contributed by atoms with Gasteiger partial charge in [0.2, 0.25) is 5.91 Å². The highest BCUT2D eigenvalue weighted by atomic mass is 32.2. The van der Waals surface area contributed by atoms with Crippen LogP contribution in [0.1, 0.15) is 25.3 Å². The fourth-order valence-electron chi connectivity index (χ4n) is 3.83. The SMILES string of the molecule is CC(=O)NN(C(=O)C(N)CCS(C)(=O)=O)[C@@](CC(=O)O)(C(=O)O)c1ccc2nc(Nc3ccccc3)oc2c1. The van der Waals surface area contributed by atoms with Crippen molar-refractivity contribution >= 4 is 56.4 Å². The van der Waals surface area contributed by atoms with Gasteiger partial charge >= 0.3 is 11.9 Å². The third-order valence-corrected chi connectivity index (χ3v) is 6.62. The van der Waals surface area contributed by atoms with Gasteiger partial charge in [-0.2, -0.15) is 4.98 Å². The molecule has 0 saturated heterocycles. The Hall–Kier alpha value is -4.50. The number of para-hydroxylation sites is 1. The molecule has 0 fully saturated rings. The smallest absolute Gasteiger partial charge is 0.337 e. The van der Waals surface area contributed by atoms with E-state index in [4.69, 9.17) is 10.2 Å². The summed E-state index contributed by atoms with van der Waals surface area (Å²) in [6.45, 7) is 0.983. The number of oxazole rings is 1. The number of nitrogens with one attached hydrogen (secondary N) is 2. The highest BCUT2D eigenvalue weighted by molar-refractivity contribution is 7.90. The average molecular weight is 562 g/mol. The topological polar surface area (TPSA) is 222 Å². The Kier molecular flexibility index (Phi) is 8.56. The monoisotopic (exact) mass is 561 g/mol. The van der Waals surface area contributed by atoms with Crippen molar-refractivity contribution in [3.8, 4) is 0 Å². The van der Waals surface area contributed by atoms with Gasteiger partial charge in [-0.05, 0) is 36.2 Å². The molecule has 2 atom stereocenters. The maximum atomic E-state index is 13.4. The molecule has 2 aromatic carbocycles. The van der Waals surface area contributed by atoms with Gasteiger partial charge in [0.15, 0.2) is 11.1 Å². The Balaban J connectivity index is 2.13. The second-order valence-electron chi connectivity index (χ2n) is 8.80. The molecule has 3 aromatic rings. The summed E-state index contributed by atoms with van der Waals surface area (Å²) < 4.78 is 28.8. The van der Waals surface area contributed by atoms with E-state index in [9.17, 15) is 37.8 Å². The van der Waals surface area contributed by atoms with Crippen LogP contribution in [0.3, 0.4) is 0 Å². The van der Waals surface area contributed by atoms with Crippen LogP contribution >= 0.6 is 0 Å². The summed E-state index contributed by atoms with van der Waals surface area (Å²) in [5, 5.41) is 23.3. The van der Waals surface area contributed by atoms with Crippen LogP contribution < -0.4 is 16.5 Å². The number of rotatable bonds is 11. The van der Waals surface area contributed by atoms with Crippen LogP contribution in [0.25, 0.3) is 11.1 Å². The van der Waals surface area contributed by atoms with Crippen LogP contribution in [-0.4, -0.2) is 70.4 Å². The highest BCUT2D eigenvalue weighted by Crippen LogP contribution is 2.35. The number of hydrogen-bond acceptors (Lipinski definition) is 10. The number of anilines is 2. The first-order valence-corrected chi connectivity index (χ1v) is 13.5. The molecular weight excluding hydrogens is 534 g/mol. The van der Waals surface area contributed by atoms with Crippen molar-refractivity contribution in [2.45, 2.75) is 31.3 Å². The molecule has 39 heavy (non-hydrogen) atoms. The number of benzene rings is 2.